The van der Waals surface area contributed by atoms with E-state index < -0.39 is 10.9 Å². The molecule has 7 heteroatoms. The lowest BCUT2D eigenvalue weighted by atomic mass is 10.1. The summed E-state index contributed by atoms with van der Waals surface area (Å²) in [5, 5.41) is 11.5. The van der Waals surface area contributed by atoms with Crippen LogP contribution in [0.4, 0.5) is 11.4 Å². The maximum atomic E-state index is 11.8. The zero-order valence-corrected chi connectivity index (χ0v) is 12.6. The number of nitrogens with zero attached hydrogens (tertiary/aromatic N) is 2. The second-order valence-corrected chi connectivity index (χ2v) is 5.32. The highest BCUT2D eigenvalue weighted by Gasteiger charge is 2.27. The first kappa shape index (κ1) is 15.6. The van der Waals surface area contributed by atoms with E-state index in [1.165, 1.54) is 12.1 Å². The fourth-order valence-corrected chi connectivity index (χ4v) is 2.71. The Hall–Kier alpha value is -1.82. The summed E-state index contributed by atoms with van der Waals surface area (Å²) in [5.74, 6) is -0.588. The molecule has 21 heavy (non-hydrogen) atoms. The SMILES string of the molecule is CCCOC(=O)c1cc(Cl)c(N2CCCC2)c([N+](=O)[O-])c1. The number of hydrogen-bond acceptors (Lipinski definition) is 5. The molecule has 0 atom stereocenters. The maximum absolute atomic E-state index is 11.8. The maximum Gasteiger partial charge on any atom is 0.338 e. The van der Waals surface area contributed by atoms with Gasteiger partial charge in [-0.3, -0.25) is 10.1 Å². The molecule has 1 aromatic carbocycles. The normalized spacial score (nSPS) is 14.3. The molecule has 0 saturated carbocycles. The molecule has 6 nitrogen and oxygen atoms in total. The van der Waals surface area contributed by atoms with Gasteiger partial charge in [-0.05, 0) is 25.3 Å². The van der Waals surface area contributed by atoms with Gasteiger partial charge < -0.3 is 9.64 Å². The van der Waals surface area contributed by atoms with Crippen molar-refractivity contribution < 1.29 is 14.5 Å². The summed E-state index contributed by atoms with van der Waals surface area (Å²) in [6.45, 7) is 3.62. The van der Waals surface area contributed by atoms with Crippen LogP contribution in [0.2, 0.25) is 5.02 Å². The molecule has 0 N–H and O–H groups in total. The molecule has 0 aromatic heterocycles. The number of carbonyl (C=O) groups is 1. The number of anilines is 1. The summed E-state index contributed by atoms with van der Waals surface area (Å²) in [4.78, 5) is 24.5. The van der Waals surface area contributed by atoms with Crippen LogP contribution in [-0.4, -0.2) is 30.6 Å². The summed E-state index contributed by atoms with van der Waals surface area (Å²) in [7, 11) is 0. The van der Waals surface area contributed by atoms with Crippen LogP contribution >= 0.6 is 11.6 Å². The number of carbonyl (C=O) groups excluding carboxylic acids is 1. The van der Waals surface area contributed by atoms with Gasteiger partial charge in [-0.1, -0.05) is 18.5 Å². The first-order valence-electron chi connectivity index (χ1n) is 6.94. The van der Waals surface area contributed by atoms with Gasteiger partial charge in [0.2, 0.25) is 0 Å². The van der Waals surface area contributed by atoms with Crippen LogP contribution in [0, 0.1) is 10.1 Å². The monoisotopic (exact) mass is 312 g/mol. The van der Waals surface area contributed by atoms with E-state index in [0.29, 0.717) is 12.1 Å². The van der Waals surface area contributed by atoms with E-state index in [1.807, 2.05) is 11.8 Å². The minimum atomic E-state index is -0.588. The minimum absolute atomic E-state index is 0.114. The molecule has 0 aliphatic carbocycles. The van der Waals surface area contributed by atoms with E-state index in [4.69, 9.17) is 16.3 Å². The molecule has 0 unspecified atom stereocenters. The highest BCUT2D eigenvalue weighted by atomic mass is 35.5. The highest BCUT2D eigenvalue weighted by molar-refractivity contribution is 6.34. The molecular weight excluding hydrogens is 296 g/mol. The largest absolute Gasteiger partial charge is 0.462 e. The van der Waals surface area contributed by atoms with Gasteiger partial charge in [-0.25, -0.2) is 4.79 Å². The Labute approximate surface area is 127 Å². The van der Waals surface area contributed by atoms with Crippen LogP contribution in [0.1, 0.15) is 36.5 Å². The Bertz CT molecular complexity index is 556. The van der Waals surface area contributed by atoms with Crippen LogP contribution < -0.4 is 4.90 Å². The van der Waals surface area contributed by atoms with Gasteiger partial charge in [-0.15, -0.1) is 0 Å². The van der Waals surface area contributed by atoms with Gasteiger partial charge in [0.25, 0.3) is 5.69 Å². The quantitative estimate of drug-likeness (QED) is 0.473. The number of benzene rings is 1. The molecule has 1 aliphatic heterocycles. The van der Waals surface area contributed by atoms with Gasteiger partial charge in [0.05, 0.1) is 22.1 Å². The average Bonchev–Trinajstić information content (AvgIpc) is 2.97. The Morgan fingerprint density at radius 1 is 1.43 bits per heavy atom. The molecule has 1 fully saturated rings. The highest BCUT2D eigenvalue weighted by Crippen LogP contribution is 2.38. The molecule has 0 bridgehead atoms. The number of halogens is 1. The topological polar surface area (TPSA) is 72.7 Å². The van der Waals surface area contributed by atoms with Gasteiger partial charge in [0, 0.05) is 19.2 Å². The Balaban J connectivity index is 2.39. The van der Waals surface area contributed by atoms with E-state index >= 15 is 0 Å². The zero-order valence-electron chi connectivity index (χ0n) is 11.8. The molecule has 1 heterocycles. The van der Waals surface area contributed by atoms with Crippen molar-refractivity contribution >= 4 is 28.9 Å². The molecule has 0 radical (unpaired) electrons. The average molecular weight is 313 g/mol. The van der Waals surface area contributed by atoms with Crippen LogP contribution in [-0.2, 0) is 4.74 Å². The van der Waals surface area contributed by atoms with Crippen molar-refractivity contribution in [1.82, 2.24) is 0 Å². The number of nitro groups is 1. The number of esters is 1. The van der Waals surface area contributed by atoms with E-state index in [1.54, 1.807) is 0 Å². The summed E-state index contributed by atoms with van der Waals surface area (Å²) < 4.78 is 5.00. The minimum Gasteiger partial charge on any atom is -0.462 e. The van der Waals surface area contributed by atoms with Crippen molar-refractivity contribution in [1.29, 1.82) is 0 Å². The van der Waals surface area contributed by atoms with E-state index in [-0.39, 0.29) is 22.9 Å². The van der Waals surface area contributed by atoms with Crippen LogP contribution in [0.15, 0.2) is 12.1 Å². The van der Waals surface area contributed by atoms with Crippen LogP contribution in [0.25, 0.3) is 0 Å². The summed E-state index contributed by atoms with van der Waals surface area (Å²) in [5.41, 5.74) is 0.363. The molecule has 114 valence electrons. The van der Waals surface area contributed by atoms with Gasteiger partial charge >= 0.3 is 5.97 Å². The smallest absolute Gasteiger partial charge is 0.338 e. The lowest BCUT2D eigenvalue weighted by Gasteiger charge is -2.19. The first-order valence-corrected chi connectivity index (χ1v) is 7.32. The molecule has 1 aromatic rings. The van der Waals surface area contributed by atoms with Gasteiger partial charge in [0.1, 0.15) is 5.69 Å². The summed E-state index contributed by atoms with van der Waals surface area (Å²) >= 11 is 6.18. The second-order valence-electron chi connectivity index (χ2n) is 4.91. The van der Waals surface area contributed by atoms with Crippen molar-refractivity contribution in [3.8, 4) is 0 Å². The molecule has 0 amide bonds. The van der Waals surface area contributed by atoms with E-state index in [0.717, 1.165) is 25.9 Å². The van der Waals surface area contributed by atoms with Gasteiger partial charge in [-0.2, -0.15) is 0 Å². The van der Waals surface area contributed by atoms with E-state index in [9.17, 15) is 14.9 Å². The van der Waals surface area contributed by atoms with Crippen molar-refractivity contribution in [2.45, 2.75) is 26.2 Å². The number of nitro benzene ring substituents is 1. The van der Waals surface area contributed by atoms with Crippen molar-refractivity contribution in [2.75, 3.05) is 24.6 Å². The standard InChI is InChI=1S/C14H17ClN2O4/c1-2-7-21-14(18)10-8-11(15)13(12(9-10)17(19)20)16-5-3-4-6-16/h8-9H,2-7H2,1H3. The number of rotatable bonds is 5. The third kappa shape index (κ3) is 3.44. The third-order valence-electron chi connectivity index (χ3n) is 3.34. The third-order valence-corrected chi connectivity index (χ3v) is 3.62. The van der Waals surface area contributed by atoms with E-state index in [2.05, 4.69) is 0 Å². The predicted octanol–water partition coefficient (Wildman–Crippen LogP) is 3.42. The fraction of sp³-hybridized carbons (Fsp3) is 0.500. The first-order chi connectivity index (χ1) is 10.0. The molecular formula is C14H17ClN2O4. The fourth-order valence-electron chi connectivity index (χ4n) is 2.37. The Morgan fingerprint density at radius 3 is 2.67 bits per heavy atom. The molecule has 2 rings (SSSR count). The van der Waals surface area contributed by atoms with Crippen molar-refractivity contribution in [2.24, 2.45) is 0 Å². The predicted molar refractivity (Wildman–Crippen MR) is 80.1 cm³/mol. The van der Waals surface area contributed by atoms with Gasteiger partial charge in [0.15, 0.2) is 0 Å². The van der Waals surface area contributed by atoms with Crippen molar-refractivity contribution in [3.05, 3.63) is 32.8 Å². The Kier molecular flexibility index (Phi) is 5.01. The second kappa shape index (κ2) is 6.76. The summed E-state index contributed by atoms with van der Waals surface area (Å²) in [6.07, 6.45) is 2.65. The number of ether oxygens (including phenoxy) is 1. The summed E-state index contributed by atoms with van der Waals surface area (Å²) in [6, 6.07) is 2.69. The Morgan fingerprint density at radius 2 is 2.10 bits per heavy atom. The zero-order chi connectivity index (χ0) is 15.4. The van der Waals surface area contributed by atoms with Crippen LogP contribution in [0.5, 0.6) is 0 Å². The number of hydrogen-bond donors (Lipinski definition) is 0. The molecule has 1 aliphatic rings. The van der Waals surface area contributed by atoms with Crippen LogP contribution in [0.3, 0.4) is 0 Å². The van der Waals surface area contributed by atoms with Crippen molar-refractivity contribution in [3.63, 3.8) is 0 Å². The lowest BCUT2D eigenvalue weighted by molar-refractivity contribution is -0.384. The molecule has 0 spiro atoms. The lowest BCUT2D eigenvalue weighted by Crippen LogP contribution is -2.20. The molecule has 1 saturated heterocycles.